The van der Waals surface area contributed by atoms with Crippen molar-refractivity contribution >= 4 is 6.03 Å². The third-order valence-electron chi connectivity index (χ3n) is 5.15. The molecule has 0 aliphatic carbocycles. The van der Waals surface area contributed by atoms with E-state index in [2.05, 4.69) is 20.7 Å². The minimum atomic E-state index is -0.331. The number of carbonyl (C=O) groups is 1. The van der Waals surface area contributed by atoms with Crippen LogP contribution in [0.25, 0.3) is 0 Å². The number of hydrogen-bond acceptors (Lipinski definition) is 4. The van der Waals surface area contributed by atoms with Crippen LogP contribution < -0.4 is 16.3 Å². The van der Waals surface area contributed by atoms with Gasteiger partial charge in [-0.3, -0.25) is 9.55 Å². The molecule has 1 aliphatic heterocycles. The van der Waals surface area contributed by atoms with Crippen molar-refractivity contribution < 1.29 is 9.18 Å². The Bertz CT molecular complexity index is 1080. The van der Waals surface area contributed by atoms with Gasteiger partial charge in [-0.1, -0.05) is 18.2 Å². The summed E-state index contributed by atoms with van der Waals surface area (Å²) in [6.45, 7) is 1.13. The molecule has 2 aromatic heterocycles. The Hall–Kier alpha value is -3.49. The predicted molar refractivity (Wildman–Crippen MR) is 108 cm³/mol. The smallest absolute Gasteiger partial charge is 0.335 e. The van der Waals surface area contributed by atoms with Crippen LogP contribution in [-0.4, -0.2) is 31.4 Å². The van der Waals surface area contributed by atoms with Crippen molar-refractivity contribution in [1.82, 2.24) is 30.0 Å². The molecule has 4 rings (SSSR count). The van der Waals surface area contributed by atoms with Gasteiger partial charge in [0, 0.05) is 37.9 Å². The summed E-state index contributed by atoms with van der Waals surface area (Å²) >= 11 is 0. The van der Waals surface area contributed by atoms with Crippen LogP contribution in [0.15, 0.2) is 53.6 Å². The number of aromatic nitrogens is 4. The van der Waals surface area contributed by atoms with Gasteiger partial charge in [-0.15, -0.1) is 0 Å². The molecule has 156 valence electrons. The molecule has 30 heavy (non-hydrogen) atoms. The van der Waals surface area contributed by atoms with Gasteiger partial charge >= 0.3 is 11.7 Å². The van der Waals surface area contributed by atoms with E-state index in [1.54, 1.807) is 29.1 Å². The summed E-state index contributed by atoms with van der Waals surface area (Å²) in [5.41, 5.74) is 1.47. The number of carbonyl (C=O) groups excluding carboxylic acids is 1. The zero-order valence-electron chi connectivity index (χ0n) is 16.4. The van der Waals surface area contributed by atoms with Gasteiger partial charge in [0.1, 0.15) is 11.6 Å². The average Bonchev–Trinajstić information content (AvgIpc) is 2.90. The summed E-state index contributed by atoms with van der Waals surface area (Å²) in [4.78, 5) is 29.0. The molecule has 0 saturated heterocycles. The monoisotopic (exact) mass is 410 g/mol. The van der Waals surface area contributed by atoms with Gasteiger partial charge in [0.2, 0.25) is 0 Å². The number of nitrogens with one attached hydrogen (secondary N) is 2. The van der Waals surface area contributed by atoms with Gasteiger partial charge in [-0.05, 0) is 42.2 Å². The number of aryl methyl sites for hydroxylation is 1. The SMILES string of the molecule is O=C(NCc1cccc(F)c1)NC1CCc2nn(Cc3cccnc3)c(=O)n2CC1. The molecule has 0 bridgehead atoms. The molecule has 0 fully saturated rings. The topological polar surface area (TPSA) is 93.8 Å². The minimum Gasteiger partial charge on any atom is -0.335 e. The lowest BCUT2D eigenvalue weighted by atomic mass is 10.1. The van der Waals surface area contributed by atoms with Crippen molar-refractivity contribution in [2.24, 2.45) is 0 Å². The van der Waals surface area contributed by atoms with Crippen LogP contribution in [0, 0.1) is 5.82 Å². The number of halogens is 1. The second-order valence-corrected chi connectivity index (χ2v) is 7.35. The molecule has 3 heterocycles. The van der Waals surface area contributed by atoms with E-state index in [-0.39, 0.29) is 30.1 Å². The molecule has 9 heteroatoms. The lowest BCUT2D eigenvalue weighted by Gasteiger charge is -2.16. The summed E-state index contributed by atoms with van der Waals surface area (Å²) in [5.74, 6) is 0.399. The lowest BCUT2D eigenvalue weighted by molar-refractivity contribution is 0.235. The fourth-order valence-electron chi connectivity index (χ4n) is 3.61. The predicted octanol–water partition coefficient (Wildman–Crippen LogP) is 1.83. The Morgan fingerprint density at radius 3 is 2.87 bits per heavy atom. The number of fused-ring (bicyclic) bond motifs is 1. The zero-order valence-corrected chi connectivity index (χ0v) is 16.4. The number of rotatable bonds is 5. The quantitative estimate of drug-likeness (QED) is 0.671. The van der Waals surface area contributed by atoms with Gasteiger partial charge in [-0.2, -0.15) is 5.10 Å². The molecule has 1 aromatic carbocycles. The number of nitrogens with zero attached hydrogens (tertiary/aromatic N) is 4. The second kappa shape index (κ2) is 8.89. The van der Waals surface area contributed by atoms with Crippen LogP contribution in [-0.2, 0) is 26.1 Å². The summed E-state index contributed by atoms with van der Waals surface area (Å²) < 4.78 is 16.4. The Labute approximate surface area is 172 Å². The third-order valence-corrected chi connectivity index (χ3v) is 5.15. The van der Waals surface area contributed by atoms with Crippen molar-refractivity contribution in [3.05, 3.63) is 82.0 Å². The van der Waals surface area contributed by atoms with Crippen molar-refractivity contribution in [3.8, 4) is 0 Å². The molecule has 0 saturated carbocycles. The van der Waals surface area contributed by atoms with E-state index in [0.717, 1.165) is 11.4 Å². The molecule has 2 amide bonds. The molecule has 3 aromatic rings. The van der Waals surface area contributed by atoms with Gasteiger partial charge in [0.05, 0.1) is 6.54 Å². The maximum absolute atomic E-state index is 13.2. The van der Waals surface area contributed by atoms with Crippen LogP contribution in [0.5, 0.6) is 0 Å². The molecule has 0 spiro atoms. The van der Waals surface area contributed by atoms with E-state index in [1.165, 1.54) is 16.8 Å². The van der Waals surface area contributed by atoms with E-state index in [0.29, 0.717) is 37.9 Å². The molecule has 1 atom stereocenters. The fourth-order valence-corrected chi connectivity index (χ4v) is 3.61. The normalized spacial score (nSPS) is 15.8. The van der Waals surface area contributed by atoms with Crippen LogP contribution in [0.1, 0.15) is 29.8 Å². The summed E-state index contributed by atoms with van der Waals surface area (Å²) in [6, 6.07) is 9.49. The highest BCUT2D eigenvalue weighted by atomic mass is 19.1. The molecule has 1 unspecified atom stereocenters. The molecule has 2 N–H and O–H groups in total. The van der Waals surface area contributed by atoms with Gasteiger partial charge in [0.15, 0.2) is 0 Å². The Kier molecular flexibility index (Phi) is 5.87. The van der Waals surface area contributed by atoms with Crippen molar-refractivity contribution in [3.63, 3.8) is 0 Å². The summed E-state index contributed by atoms with van der Waals surface area (Å²) in [6.07, 6.45) is 5.34. The molecular weight excluding hydrogens is 387 g/mol. The van der Waals surface area contributed by atoms with Gasteiger partial charge in [-0.25, -0.2) is 18.7 Å². The van der Waals surface area contributed by atoms with Gasteiger partial charge < -0.3 is 10.6 Å². The standard InChI is InChI=1S/C21H23FN6O2/c22-17-5-1-3-15(11-17)13-24-20(29)25-18-6-7-19-26-28(21(30)27(19)10-8-18)14-16-4-2-9-23-12-16/h1-5,9,11-12,18H,6-8,10,13-14H2,(H2,24,25,29). The van der Waals surface area contributed by atoms with Crippen molar-refractivity contribution in [2.75, 3.05) is 0 Å². The first-order chi connectivity index (χ1) is 14.6. The number of urea groups is 1. The van der Waals surface area contributed by atoms with E-state index in [4.69, 9.17) is 0 Å². The Balaban J connectivity index is 1.32. The maximum atomic E-state index is 13.2. The van der Waals surface area contributed by atoms with Crippen molar-refractivity contribution in [1.29, 1.82) is 0 Å². The lowest BCUT2D eigenvalue weighted by Crippen LogP contribution is -2.42. The molecule has 0 radical (unpaired) electrons. The largest absolute Gasteiger partial charge is 0.346 e. The van der Waals surface area contributed by atoms with Crippen LogP contribution >= 0.6 is 0 Å². The summed E-state index contributed by atoms with van der Waals surface area (Å²) in [5, 5.41) is 10.2. The first-order valence-electron chi connectivity index (χ1n) is 9.93. The average molecular weight is 410 g/mol. The van der Waals surface area contributed by atoms with E-state index in [1.807, 2.05) is 12.1 Å². The number of benzene rings is 1. The van der Waals surface area contributed by atoms with Gasteiger partial charge in [0.25, 0.3) is 0 Å². The van der Waals surface area contributed by atoms with E-state index >= 15 is 0 Å². The maximum Gasteiger partial charge on any atom is 0.346 e. The first kappa shape index (κ1) is 19.8. The van der Waals surface area contributed by atoms with Crippen molar-refractivity contribution in [2.45, 2.75) is 44.9 Å². The Morgan fingerprint density at radius 2 is 2.07 bits per heavy atom. The highest BCUT2D eigenvalue weighted by Gasteiger charge is 2.22. The highest BCUT2D eigenvalue weighted by molar-refractivity contribution is 5.74. The highest BCUT2D eigenvalue weighted by Crippen LogP contribution is 2.12. The van der Waals surface area contributed by atoms with Crippen LogP contribution in [0.3, 0.4) is 0 Å². The first-order valence-corrected chi connectivity index (χ1v) is 9.93. The number of pyridine rings is 1. The Morgan fingerprint density at radius 1 is 1.20 bits per heavy atom. The molecular formula is C21H23FN6O2. The third kappa shape index (κ3) is 4.73. The van der Waals surface area contributed by atoms with Crippen LogP contribution in [0.2, 0.25) is 0 Å². The van der Waals surface area contributed by atoms with Crippen LogP contribution in [0.4, 0.5) is 9.18 Å². The number of amides is 2. The zero-order chi connectivity index (χ0) is 20.9. The van der Waals surface area contributed by atoms with E-state index < -0.39 is 0 Å². The fraction of sp³-hybridized carbons (Fsp3) is 0.333. The molecule has 1 aliphatic rings. The molecule has 8 nitrogen and oxygen atoms in total. The van der Waals surface area contributed by atoms with E-state index in [9.17, 15) is 14.0 Å². The minimum absolute atomic E-state index is 0.0645. The number of hydrogen-bond donors (Lipinski definition) is 2. The summed E-state index contributed by atoms with van der Waals surface area (Å²) in [7, 11) is 0. The second-order valence-electron chi connectivity index (χ2n) is 7.35.